The Morgan fingerprint density at radius 1 is 1.15 bits per heavy atom. The van der Waals surface area contributed by atoms with Crippen molar-refractivity contribution < 1.29 is 9.47 Å². The lowest BCUT2D eigenvalue weighted by Crippen LogP contribution is -2.37. The van der Waals surface area contributed by atoms with E-state index in [9.17, 15) is 0 Å². The molecular formula is C25H37N5O2S. The van der Waals surface area contributed by atoms with Crippen LogP contribution in [0.25, 0.3) is 0 Å². The lowest BCUT2D eigenvalue weighted by atomic mass is 9.96. The molecule has 2 aromatic rings. The molecule has 8 heteroatoms. The molecular weight excluding hydrogens is 434 g/mol. The summed E-state index contributed by atoms with van der Waals surface area (Å²) in [4.78, 5) is 9.50. The van der Waals surface area contributed by atoms with Crippen LogP contribution in [0, 0.1) is 13.8 Å². The van der Waals surface area contributed by atoms with Gasteiger partial charge < -0.3 is 24.3 Å². The Morgan fingerprint density at radius 2 is 1.97 bits per heavy atom. The van der Waals surface area contributed by atoms with Gasteiger partial charge in [0.2, 0.25) is 0 Å². The van der Waals surface area contributed by atoms with Gasteiger partial charge in [-0.2, -0.15) is 0 Å². The maximum absolute atomic E-state index is 5.79. The third-order valence-corrected chi connectivity index (χ3v) is 7.19. The molecule has 33 heavy (non-hydrogen) atoms. The highest BCUT2D eigenvalue weighted by Crippen LogP contribution is 2.40. The molecule has 0 bridgehead atoms. The molecule has 0 spiro atoms. The number of nitrogens with zero attached hydrogens (tertiary/aromatic N) is 4. The van der Waals surface area contributed by atoms with Gasteiger partial charge in [-0.05, 0) is 62.7 Å². The smallest absolute Gasteiger partial charge is 0.170 e. The van der Waals surface area contributed by atoms with E-state index in [1.54, 1.807) is 7.11 Å². The highest BCUT2D eigenvalue weighted by Gasteiger charge is 2.41. The van der Waals surface area contributed by atoms with Gasteiger partial charge in [-0.3, -0.25) is 9.88 Å². The molecule has 0 radical (unpaired) electrons. The summed E-state index contributed by atoms with van der Waals surface area (Å²) in [6.45, 7) is 12.0. The van der Waals surface area contributed by atoms with Crippen molar-refractivity contribution in [3.8, 4) is 0 Å². The largest absolute Gasteiger partial charge is 0.385 e. The number of morpholine rings is 1. The van der Waals surface area contributed by atoms with E-state index >= 15 is 0 Å². The van der Waals surface area contributed by atoms with Crippen LogP contribution in [0.4, 0.5) is 0 Å². The number of pyridine rings is 1. The van der Waals surface area contributed by atoms with Gasteiger partial charge in [0.05, 0.1) is 31.0 Å². The third-order valence-electron chi connectivity index (χ3n) is 6.84. The zero-order valence-electron chi connectivity index (χ0n) is 20.1. The molecule has 2 aromatic heterocycles. The van der Waals surface area contributed by atoms with Crippen molar-refractivity contribution >= 4 is 17.3 Å². The molecule has 0 saturated carbocycles. The predicted octanol–water partition coefficient (Wildman–Crippen LogP) is 3.23. The van der Waals surface area contributed by atoms with Crippen LogP contribution in [-0.2, 0) is 16.0 Å². The van der Waals surface area contributed by atoms with E-state index in [-0.39, 0.29) is 12.1 Å². The van der Waals surface area contributed by atoms with Crippen LogP contribution in [0.5, 0.6) is 0 Å². The van der Waals surface area contributed by atoms with Gasteiger partial charge in [-0.15, -0.1) is 0 Å². The lowest BCUT2D eigenvalue weighted by Gasteiger charge is -2.28. The van der Waals surface area contributed by atoms with Crippen LogP contribution < -0.4 is 5.32 Å². The van der Waals surface area contributed by atoms with Gasteiger partial charge >= 0.3 is 0 Å². The average molecular weight is 472 g/mol. The van der Waals surface area contributed by atoms with Crippen LogP contribution in [0.15, 0.2) is 30.5 Å². The maximum Gasteiger partial charge on any atom is 0.170 e. The third kappa shape index (κ3) is 5.57. The number of hydrogen-bond acceptors (Lipinski definition) is 5. The molecule has 4 heterocycles. The zero-order valence-corrected chi connectivity index (χ0v) is 20.9. The minimum absolute atomic E-state index is 0.0311. The summed E-state index contributed by atoms with van der Waals surface area (Å²) >= 11 is 5.79. The van der Waals surface area contributed by atoms with Crippen molar-refractivity contribution in [2.45, 2.75) is 45.3 Å². The molecule has 0 aliphatic carbocycles. The Bertz CT molecular complexity index is 913. The van der Waals surface area contributed by atoms with Crippen molar-refractivity contribution in [2.24, 2.45) is 0 Å². The van der Waals surface area contributed by atoms with E-state index in [2.05, 4.69) is 50.6 Å². The summed E-state index contributed by atoms with van der Waals surface area (Å²) in [5.74, 6) is 0. The normalized spacial score (nSPS) is 21.5. The van der Waals surface area contributed by atoms with E-state index in [0.29, 0.717) is 0 Å². The summed E-state index contributed by atoms with van der Waals surface area (Å²) in [5, 5.41) is 4.36. The Labute approximate surface area is 203 Å². The fourth-order valence-electron chi connectivity index (χ4n) is 5.11. The molecule has 1 N–H and O–H groups in total. The minimum atomic E-state index is 0.0311. The second-order valence-electron chi connectivity index (χ2n) is 8.95. The van der Waals surface area contributed by atoms with E-state index in [0.717, 1.165) is 76.2 Å². The van der Waals surface area contributed by atoms with Crippen molar-refractivity contribution in [3.63, 3.8) is 0 Å². The van der Waals surface area contributed by atoms with E-state index < -0.39 is 0 Å². The second-order valence-corrected chi connectivity index (χ2v) is 9.34. The van der Waals surface area contributed by atoms with Gasteiger partial charge in [-0.1, -0.05) is 6.07 Å². The molecule has 0 amide bonds. The molecule has 0 unspecified atom stereocenters. The Hall–Kier alpha value is -2.00. The summed E-state index contributed by atoms with van der Waals surface area (Å²) < 4.78 is 13.3. The summed E-state index contributed by atoms with van der Waals surface area (Å²) in [6.07, 6.45) is 3.93. The topological polar surface area (TPSA) is 54.8 Å². The number of methoxy groups -OCH3 is 1. The molecule has 2 atom stereocenters. The first-order valence-corrected chi connectivity index (χ1v) is 12.4. The molecule has 4 rings (SSSR count). The number of hydrogen-bond donors (Lipinski definition) is 1. The molecule has 180 valence electrons. The van der Waals surface area contributed by atoms with Gasteiger partial charge in [-0.25, -0.2) is 0 Å². The van der Waals surface area contributed by atoms with Crippen LogP contribution in [0.3, 0.4) is 0 Å². The number of nitrogens with one attached hydrogen (secondary N) is 1. The SMILES string of the molecule is COCCCN1C(=S)N[C@@H](c2ccccn2)[C@H]1c1cc(C)n(CCCN2CCOCC2)c1C. The van der Waals surface area contributed by atoms with Crippen LogP contribution >= 0.6 is 12.2 Å². The summed E-state index contributed by atoms with van der Waals surface area (Å²) in [5.41, 5.74) is 4.98. The van der Waals surface area contributed by atoms with Crippen LogP contribution in [0.2, 0.25) is 0 Å². The minimum Gasteiger partial charge on any atom is -0.385 e. The number of thiocarbonyl (C=S) groups is 1. The molecule has 2 aliphatic rings. The van der Waals surface area contributed by atoms with Gasteiger partial charge in [0, 0.05) is 64.0 Å². The fourth-order valence-corrected chi connectivity index (χ4v) is 5.44. The quantitative estimate of drug-likeness (QED) is 0.422. The number of aromatic nitrogens is 2. The van der Waals surface area contributed by atoms with E-state index in [1.165, 1.54) is 17.0 Å². The van der Waals surface area contributed by atoms with Crippen molar-refractivity contribution in [1.29, 1.82) is 0 Å². The molecule has 2 fully saturated rings. The second kappa shape index (κ2) is 11.4. The molecule has 2 aliphatic heterocycles. The molecule has 2 saturated heterocycles. The van der Waals surface area contributed by atoms with Crippen LogP contribution in [-0.4, -0.2) is 77.6 Å². The van der Waals surface area contributed by atoms with Crippen LogP contribution in [0.1, 0.15) is 47.6 Å². The highest BCUT2D eigenvalue weighted by atomic mass is 32.1. The predicted molar refractivity (Wildman–Crippen MR) is 134 cm³/mol. The maximum atomic E-state index is 5.79. The average Bonchev–Trinajstić information content (AvgIpc) is 3.31. The first-order chi connectivity index (χ1) is 16.1. The van der Waals surface area contributed by atoms with E-state index in [4.69, 9.17) is 21.7 Å². The Balaban J connectivity index is 1.56. The first-order valence-electron chi connectivity index (χ1n) is 12.0. The van der Waals surface area contributed by atoms with Gasteiger partial charge in [0.15, 0.2) is 5.11 Å². The number of rotatable bonds is 10. The zero-order chi connectivity index (χ0) is 23.2. The van der Waals surface area contributed by atoms with Gasteiger partial charge in [0.25, 0.3) is 0 Å². The number of ether oxygens (including phenoxy) is 2. The standard InChI is InChI=1S/C25H37N5O2S/c1-19-18-21(20(2)29(19)11-6-10-28-13-16-32-17-14-28)24-23(22-8-4-5-9-26-22)27-25(33)30(24)12-7-15-31-3/h4-5,8-9,18,23-24H,6-7,10-17H2,1-3H3,(H,27,33)/t23-,24+/m0/s1. The Morgan fingerprint density at radius 3 is 2.70 bits per heavy atom. The lowest BCUT2D eigenvalue weighted by molar-refractivity contribution is 0.0369. The highest BCUT2D eigenvalue weighted by molar-refractivity contribution is 7.80. The number of aryl methyl sites for hydroxylation is 1. The first kappa shape index (κ1) is 24.1. The van der Waals surface area contributed by atoms with Crippen molar-refractivity contribution in [1.82, 2.24) is 24.7 Å². The van der Waals surface area contributed by atoms with E-state index in [1.807, 2.05) is 18.3 Å². The monoisotopic (exact) mass is 471 g/mol. The molecule has 0 aromatic carbocycles. The summed E-state index contributed by atoms with van der Waals surface area (Å²) in [6, 6.07) is 8.60. The van der Waals surface area contributed by atoms with Crippen molar-refractivity contribution in [3.05, 3.63) is 53.1 Å². The van der Waals surface area contributed by atoms with Gasteiger partial charge in [0.1, 0.15) is 0 Å². The van der Waals surface area contributed by atoms with Crippen molar-refractivity contribution in [2.75, 3.05) is 53.1 Å². The fraction of sp³-hybridized carbons (Fsp3) is 0.600. The molecule has 7 nitrogen and oxygen atoms in total. The summed E-state index contributed by atoms with van der Waals surface area (Å²) in [7, 11) is 1.75. The Kier molecular flexibility index (Phi) is 8.35.